The van der Waals surface area contributed by atoms with Crippen LogP contribution in [0, 0.1) is 5.92 Å². The lowest BCUT2D eigenvalue weighted by Crippen LogP contribution is -2.46. The predicted octanol–water partition coefficient (Wildman–Crippen LogP) is 1.24. The van der Waals surface area contributed by atoms with Gasteiger partial charge in [-0.1, -0.05) is 11.8 Å². The van der Waals surface area contributed by atoms with Gasteiger partial charge in [0.15, 0.2) is 11.3 Å². The molecular weight excluding hydrogens is 417 g/mol. The van der Waals surface area contributed by atoms with Crippen molar-refractivity contribution in [2.45, 2.75) is 75.8 Å². The molecule has 3 rings (SSSR count). The zero-order valence-corrected chi connectivity index (χ0v) is 19.7. The van der Waals surface area contributed by atoms with Gasteiger partial charge in [-0.2, -0.15) is 0 Å². The van der Waals surface area contributed by atoms with Crippen molar-refractivity contribution < 1.29 is 24.3 Å². The third-order valence-corrected chi connectivity index (χ3v) is 7.41. The van der Waals surface area contributed by atoms with E-state index in [4.69, 9.17) is 14.4 Å². The van der Waals surface area contributed by atoms with Crippen LogP contribution in [0.4, 0.5) is 0 Å². The normalized spacial score (nSPS) is 23.7. The summed E-state index contributed by atoms with van der Waals surface area (Å²) < 4.78 is 12.1. The SMILES string of the molecule is CC1(C)OB(c2cnc(SCCC[C@@H]3CCCN(C(=O)[C@@H](O)CO)C3)nc2)OC1(C)C. The van der Waals surface area contributed by atoms with Gasteiger partial charge in [0.2, 0.25) is 0 Å². The minimum Gasteiger partial charge on any atom is -0.399 e. The maximum absolute atomic E-state index is 12.1. The highest BCUT2D eigenvalue weighted by Gasteiger charge is 2.51. The van der Waals surface area contributed by atoms with Crippen LogP contribution < -0.4 is 5.46 Å². The number of likely N-dealkylation sites (tertiary alicyclic amines) is 1. The number of rotatable bonds is 8. The van der Waals surface area contributed by atoms with E-state index in [9.17, 15) is 9.90 Å². The number of piperidine rings is 1. The van der Waals surface area contributed by atoms with Gasteiger partial charge in [0.25, 0.3) is 5.91 Å². The average Bonchev–Trinajstić information content (AvgIpc) is 2.97. The van der Waals surface area contributed by atoms with E-state index >= 15 is 0 Å². The zero-order valence-electron chi connectivity index (χ0n) is 18.9. The van der Waals surface area contributed by atoms with Gasteiger partial charge in [-0.3, -0.25) is 4.79 Å². The highest BCUT2D eigenvalue weighted by Crippen LogP contribution is 2.36. The molecule has 0 aromatic carbocycles. The van der Waals surface area contributed by atoms with Crippen LogP contribution in [-0.4, -0.2) is 80.9 Å². The number of carbonyl (C=O) groups excluding carboxylic acids is 1. The highest BCUT2D eigenvalue weighted by molar-refractivity contribution is 7.99. The Hall–Kier alpha value is -1.20. The topological polar surface area (TPSA) is 105 Å². The molecule has 10 heteroatoms. The molecule has 31 heavy (non-hydrogen) atoms. The molecule has 2 aliphatic rings. The number of hydrogen-bond acceptors (Lipinski definition) is 8. The first-order chi connectivity index (χ1) is 14.6. The molecular formula is C21H34BN3O5S. The molecule has 2 fully saturated rings. The molecule has 0 radical (unpaired) electrons. The van der Waals surface area contributed by atoms with Crippen molar-refractivity contribution in [2.75, 3.05) is 25.4 Å². The Morgan fingerprint density at radius 2 is 1.94 bits per heavy atom. The Balaban J connectivity index is 1.41. The van der Waals surface area contributed by atoms with E-state index in [0.717, 1.165) is 42.1 Å². The molecule has 8 nitrogen and oxygen atoms in total. The third-order valence-electron chi connectivity index (χ3n) is 6.45. The van der Waals surface area contributed by atoms with Crippen molar-refractivity contribution in [3.63, 3.8) is 0 Å². The summed E-state index contributed by atoms with van der Waals surface area (Å²) in [6.45, 7) is 8.87. The fourth-order valence-corrected chi connectivity index (χ4v) is 4.57. The summed E-state index contributed by atoms with van der Waals surface area (Å²) >= 11 is 1.62. The zero-order chi connectivity index (χ0) is 22.6. The van der Waals surface area contributed by atoms with Crippen LogP contribution in [0.25, 0.3) is 0 Å². The molecule has 0 saturated carbocycles. The van der Waals surface area contributed by atoms with Crippen molar-refractivity contribution in [3.8, 4) is 0 Å². The molecule has 2 atom stereocenters. The monoisotopic (exact) mass is 451 g/mol. The first-order valence-electron chi connectivity index (χ1n) is 11.0. The Bertz CT molecular complexity index is 733. The lowest BCUT2D eigenvalue weighted by atomic mass is 9.81. The number of aliphatic hydroxyl groups is 2. The van der Waals surface area contributed by atoms with Gasteiger partial charge in [-0.05, 0) is 59.3 Å². The largest absolute Gasteiger partial charge is 0.498 e. The summed E-state index contributed by atoms with van der Waals surface area (Å²) in [5.41, 5.74) is 0.0429. The number of carbonyl (C=O) groups is 1. The summed E-state index contributed by atoms with van der Waals surface area (Å²) in [7, 11) is -0.453. The van der Waals surface area contributed by atoms with Gasteiger partial charge >= 0.3 is 7.12 Å². The molecule has 1 aromatic rings. The minimum atomic E-state index is -1.30. The van der Waals surface area contributed by atoms with E-state index in [1.54, 1.807) is 29.1 Å². The number of aliphatic hydroxyl groups excluding tert-OH is 2. The van der Waals surface area contributed by atoms with Crippen LogP contribution in [0.15, 0.2) is 17.6 Å². The van der Waals surface area contributed by atoms with Gasteiger partial charge in [-0.15, -0.1) is 0 Å². The molecule has 172 valence electrons. The van der Waals surface area contributed by atoms with Gasteiger partial charge in [-0.25, -0.2) is 9.97 Å². The van der Waals surface area contributed by atoms with E-state index in [1.165, 1.54) is 0 Å². The van der Waals surface area contributed by atoms with E-state index in [2.05, 4.69) is 9.97 Å². The second-order valence-corrected chi connectivity index (χ2v) is 10.4. The number of hydrogen-bond donors (Lipinski definition) is 2. The first-order valence-corrected chi connectivity index (χ1v) is 12.0. The van der Waals surface area contributed by atoms with Crippen LogP contribution in [0.5, 0.6) is 0 Å². The summed E-state index contributed by atoms with van der Waals surface area (Å²) in [6.07, 6.45) is 6.28. The van der Waals surface area contributed by atoms with Crippen LogP contribution in [0.2, 0.25) is 0 Å². The number of amides is 1. The Kier molecular flexibility index (Phi) is 8.02. The third kappa shape index (κ3) is 5.99. The fourth-order valence-electron chi connectivity index (χ4n) is 3.83. The van der Waals surface area contributed by atoms with Crippen molar-refractivity contribution in [1.82, 2.24) is 14.9 Å². The second-order valence-electron chi connectivity index (χ2n) is 9.37. The molecule has 1 aromatic heterocycles. The predicted molar refractivity (Wildman–Crippen MR) is 120 cm³/mol. The van der Waals surface area contributed by atoms with E-state index in [1.807, 2.05) is 27.7 Å². The van der Waals surface area contributed by atoms with Gasteiger partial charge in [0.05, 0.1) is 17.8 Å². The van der Waals surface area contributed by atoms with Gasteiger partial charge in [0.1, 0.15) is 0 Å². The smallest absolute Gasteiger partial charge is 0.399 e. The highest BCUT2D eigenvalue weighted by atomic mass is 32.2. The Labute approximate surface area is 189 Å². The lowest BCUT2D eigenvalue weighted by molar-refractivity contribution is -0.144. The first kappa shape index (κ1) is 24.4. The molecule has 3 heterocycles. The molecule has 2 N–H and O–H groups in total. The summed E-state index contributed by atoms with van der Waals surface area (Å²) in [5.74, 6) is 0.965. The van der Waals surface area contributed by atoms with Crippen LogP contribution >= 0.6 is 11.8 Å². The standard InChI is InChI=1S/C21H34BN3O5S/c1-20(2)21(3,4)30-22(29-20)16-11-23-19(24-12-16)31-10-6-8-15-7-5-9-25(13-15)18(28)17(27)14-26/h11-12,15,17,26-27H,5-10,13-14H2,1-4H3/t15-,17-/m0/s1. The minimum absolute atomic E-state index is 0.364. The molecule has 0 unspecified atom stereocenters. The second kappa shape index (κ2) is 10.2. The van der Waals surface area contributed by atoms with Crippen molar-refractivity contribution >= 4 is 30.3 Å². The summed E-state index contributed by atoms with van der Waals surface area (Å²) in [6, 6.07) is 0. The van der Waals surface area contributed by atoms with Crippen LogP contribution in [0.3, 0.4) is 0 Å². The van der Waals surface area contributed by atoms with Crippen LogP contribution in [0.1, 0.15) is 53.4 Å². The molecule has 1 amide bonds. The number of nitrogens with zero attached hydrogens (tertiary/aromatic N) is 3. The van der Waals surface area contributed by atoms with Crippen molar-refractivity contribution in [3.05, 3.63) is 12.4 Å². The molecule has 2 aliphatic heterocycles. The number of thioether (sulfide) groups is 1. The maximum Gasteiger partial charge on any atom is 0.498 e. The fraction of sp³-hybridized carbons (Fsp3) is 0.762. The molecule has 0 spiro atoms. The molecule has 2 saturated heterocycles. The summed E-state index contributed by atoms with van der Waals surface area (Å²) in [5, 5.41) is 19.3. The van der Waals surface area contributed by atoms with Crippen LogP contribution in [-0.2, 0) is 14.1 Å². The molecule has 0 bridgehead atoms. The quantitative estimate of drug-likeness (QED) is 0.263. The Morgan fingerprint density at radius 1 is 1.29 bits per heavy atom. The Morgan fingerprint density at radius 3 is 2.55 bits per heavy atom. The number of aromatic nitrogens is 2. The maximum atomic E-state index is 12.1. The van der Waals surface area contributed by atoms with Gasteiger partial charge in [0, 0.05) is 36.7 Å². The van der Waals surface area contributed by atoms with Gasteiger partial charge < -0.3 is 24.4 Å². The van der Waals surface area contributed by atoms with E-state index in [-0.39, 0.29) is 17.1 Å². The van der Waals surface area contributed by atoms with E-state index in [0.29, 0.717) is 19.0 Å². The molecule has 0 aliphatic carbocycles. The van der Waals surface area contributed by atoms with E-state index < -0.39 is 19.8 Å². The van der Waals surface area contributed by atoms with Crippen molar-refractivity contribution in [1.29, 1.82) is 0 Å². The summed E-state index contributed by atoms with van der Waals surface area (Å²) in [4.78, 5) is 22.7. The lowest BCUT2D eigenvalue weighted by Gasteiger charge is -2.33. The average molecular weight is 451 g/mol. The van der Waals surface area contributed by atoms with Crippen molar-refractivity contribution in [2.24, 2.45) is 5.92 Å².